The van der Waals surface area contributed by atoms with Crippen molar-refractivity contribution in [3.05, 3.63) is 46.6 Å². The first-order valence-corrected chi connectivity index (χ1v) is 6.29. The predicted molar refractivity (Wildman–Crippen MR) is 77.7 cm³/mol. The fourth-order valence-corrected chi connectivity index (χ4v) is 2.26. The fraction of sp³-hybridized carbons (Fsp3) is 0.0714. The van der Waals surface area contributed by atoms with Crippen LogP contribution in [0.15, 0.2) is 30.3 Å². The molecule has 3 rings (SSSR count). The van der Waals surface area contributed by atoms with Crippen molar-refractivity contribution in [1.29, 1.82) is 5.26 Å². The molecule has 5 nitrogen and oxygen atoms in total. The molecular formula is C14H10ClN5. The second-order valence-corrected chi connectivity index (χ2v) is 4.79. The summed E-state index contributed by atoms with van der Waals surface area (Å²) >= 11 is 6.22. The first-order valence-electron chi connectivity index (χ1n) is 5.92. The lowest BCUT2D eigenvalue weighted by atomic mass is 10.2. The van der Waals surface area contributed by atoms with Crippen LogP contribution in [0, 0.1) is 18.3 Å². The molecule has 0 aliphatic carbocycles. The summed E-state index contributed by atoms with van der Waals surface area (Å²) in [7, 11) is 0. The Morgan fingerprint density at radius 1 is 1.25 bits per heavy atom. The molecule has 2 N–H and O–H groups in total. The molecule has 0 aliphatic rings. The van der Waals surface area contributed by atoms with Crippen molar-refractivity contribution in [2.75, 3.05) is 5.73 Å². The monoisotopic (exact) mass is 283 g/mol. The van der Waals surface area contributed by atoms with Crippen molar-refractivity contribution in [3.63, 3.8) is 0 Å². The first-order chi connectivity index (χ1) is 9.60. The molecule has 2 aromatic heterocycles. The quantitative estimate of drug-likeness (QED) is 0.744. The molecule has 0 fully saturated rings. The number of anilines is 1. The number of hydrogen-bond acceptors (Lipinski definition) is 4. The van der Waals surface area contributed by atoms with Crippen LogP contribution in [-0.2, 0) is 0 Å². The molecule has 0 atom stereocenters. The number of imidazole rings is 1. The molecule has 0 radical (unpaired) electrons. The third-order valence-electron chi connectivity index (χ3n) is 2.99. The van der Waals surface area contributed by atoms with E-state index in [9.17, 15) is 0 Å². The highest BCUT2D eigenvalue weighted by Crippen LogP contribution is 2.28. The Morgan fingerprint density at radius 2 is 2.05 bits per heavy atom. The molecule has 1 aromatic carbocycles. The van der Waals surface area contributed by atoms with Gasteiger partial charge in [0, 0.05) is 5.69 Å². The van der Waals surface area contributed by atoms with E-state index in [1.165, 1.54) is 0 Å². The van der Waals surface area contributed by atoms with Crippen molar-refractivity contribution < 1.29 is 0 Å². The Labute approximate surface area is 120 Å². The molecule has 0 spiro atoms. The van der Waals surface area contributed by atoms with Crippen LogP contribution in [0.5, 0.6) is 0 Å². The standard InChI is InChI=1S/C14H10ClN5/c1-8-2-5-11-13(18-8)20(14(17)19-11)12-6-9(7-16)3-4-10(12)15/h2-6H,1H3,(H2,17,19). The molecule has 0 saturated heterocycles. The van der Waals surface area contributed by atoms with Crippen molar-refractivity contribution in [1.82, 2.24) is 14.5 Å². The van der Waals surface area contributed by atoms with Gasteiger partial charge < -0.3 is 5.73 Å². The second kappa shape index (κ2) is 4.51. The fourth-order valence-electron chi connectivity index (χ4n) is 2.06. The Balaban J connectivity index is 2.37. The number of rotatable bonds is 1. The highest BCUT2D eigenvalue weighted by atomic mass is 35.5. The summed E-state index contributed by atoms with van der Waals surface area (Å²) in [5, 5.41) is 9.50. The normalized spacial score (nSPS) is 10.7. The van der Waals surface area contributed by atoms with Gasteiger partial charge >= 0.3 is 0 Å². The van der Waals surface area contributed by atoms with Crippen LogP contribution in [0.25, 0.3) is 16.9 Å². The zero-order chi connectivity index (χ0) is 14.3. The third kappa shape index (κ3) is 1.87. The summed E-state index contributed by atoms with van der Waals surface area (Å²) in [4.78, 5) is 8.71. The summed E-state index contributed by atoms with van der Waals surface area (Å²) in [6.45, 7) is 1.89. The third-order valence-corrected chi connectivity index (χ3v) is 3.31. The second-order valence-electron chi connectivity index (χ2n) is 4.38. The minimum atomic E-state index is 0.287. The maximum absolute atomic E-state index is 9.01. The van der Waals surface area contributed by atoms with E-state index in [1.54, 1.807) is 22.8 Å². The molecular weight excluding hydrogens is 274 g/mol. The van der Waals surface area contributed by atoms with E-state index in [4.69, 9.17) is 22.6 Å². The van der Waals surface area contributed by atoms with E-state index < -0.39 is 0 Å². The number of nitriles is 1. The van der Waals surface area contributed by atoms with Gasteiger partial charge in [-0.2, -0.15) is 5.26 Å². The number of aromatic nitrogens is 3. The average Bonchev–Trinajstić information content (AvgIpc) is 2.75. The van der Waals surface area contributed by atoms with E-state index >= 15 is 0 Å². The van der Waals surface area contributed by atoms with Crippen molar-refractivity contribution in [3.8, 4) is 11.8 Å². The lowest BCUT2D eigenvalue weighted by Crippen LogP contribution is -2.03. The lowest BCUT2D eigenvalue weighted by molar-refractivity contribution is 1.07. The molecule has 20 heavy (non-hydrogen) atoms. The highest BCUT2D eigenvalue weighted by Gasteiger charge is 2.14. The molecule has 0 amide bonds. The van der Waals surface area contributed by atoms with Crippen LogP contribution in [0.3, 0.4) is 0 Å². The zero-order valence-corrected chi connectivity index (χ0v) is 11.4. The zero-order valence-electron chi connectivity index (χ0n) is 10.6. The topological polar surface area (TPSA) is 80.5 Å². The van der Waals surface area contributed by atoms with Gasteiger partial charge in [0.2, 0.25) is 5.95 Å². The summed E-state index contributed by atoms with van der Waals surface area (Å²) in [5.41, 5.74) is 9.23. The SMILES string of the molecule is Cc1ccc2nc(N)n(-c3cc(C#N)ccc3Cl)c2n1. The summed E-state index contributed by atoms with van der Waals surface area (Å²) in [5.74, 6) is 0.287. The number of benzene rings is 1. The van der Waals surface area contributed by atoms with Crippen LogP contribution in [-0.4, -0.2) is 14.5 Å². The van der Waals surface area contributed by atoms with E-state index in [2.05, 4.69) is 16.0 Å². The van der Waals surface area contributed by atoms with Gasteiger partial charge in [0.1, 0.15) is 5.52 Å². The van der Waals surface area contributed by atoms with E-state index in [0.717, 1.165) is 5.69 Å². The van der Waals surface area contributed by atoms with Gasteiger partial charge in [-0.1, -0.05) is 11.6 Å². The number of nitrogens with zero attached hydrogens (tertiary/aromatic N) is 4. The van der Waals surface area contributed by atoms with Crippen LogP contribution in [0.4, 0.5) is 5.95 Å². The van der Waals surface area contributed by atoms with E-state index in [1.807, 2.05) is 19.1 Å². The summed E-state index contributed by atoms with van der Waals surface area (Å²) < 4.78 is 1.66. The Hall–Kier alpha value is -2.58. The number of aryl methyl sites for hydroxylation is 1. The number of hydrogen-bond donors (Lipinski definition) is 1. The molecule has 2 heterocycles. The maximum atomic E-state index is 9.01. The van der Waals surface area contributed by atoms with Crippen molar-refractivity contribution >= 4 is 28.7 Å². The van der Waals surface area contributed by atoms with Gasteiger partial charge in [0.15, 0.2) is 5.65 Å². The number of pyridine rings is 1. The van der Waals surface area contributed by atoms with E-state index in [0.29, 0.717) is 27.4 Å². The maximum Gasteiger partial charge on any atom is 0.207 e. The van der Waals surface area contributed by atoms with Crippen LogP contribution in [0.1, 0.15) is 11.3 Å². The van der Waals surface area contributed by atoms with Gasteiger partial charge in [-0.25, -0.2) is 9.97 Å². The van der Waals surface area contributed by atoms with Gasteiger partial charge in [-0.15, -0.1) is 0 Å². The largest absolute Gasteiger partial charge is 0.369 e. The minimum absolute atomic E-state index is 0.287. The molecule has 0 bridgehead atoms. The van der Waals surface area contributed by atoms with Crippen molar-refractivity contribution in [2.45, 2.75) is 6.92 Å². The minimum Gasteiger partial charge on any atom is -0.369 e. The molecule has 0 unspecified atom stereocenters. The Bertz CT molecular complexity index is 860. The molecule has 0 saturated carbocycles. The van der Waals surface area contributed by atoms with Crippen LogP contribution >= 0.6 is 11.6 Å². The lowest BCUT2D eigenvalue weighted by Gasteiger charge is -2.08. The molecule has 0 aliphatic heterocycles. The number of nitrogens with two attached hydrogens (primary N) is 1. The molecule has 98 valence electrons. The van der Waals surface area contributed by atoms with Gasteiger partial charge in [0.25, 0.3) is 0 Å². The average molecular weight is 284 g/mol. The smallest absolute Gasteiger partial charge is 0.207 e. The Kier molecular flexibility index (Phi) is 2.81. The number of fused-ring (bicyclic) bond motifs is 1. The van der Waals surface area contributed by atoms with Crippen LogP contribution < -0.4 is 5.73 Å². The number of nitrogen functional groups attached to an aromatic ring is 1. The molecule has 6 heteroatoms. The first kappa shape index (κ1) is 12.5. The van der Waals surface area contributed by atoms with Gasteiger partial charge in [-0.3, -0.25) is 4.57 Å². The van der Waals surface area contributed by atoms with E-state index in [-0.39, 0.29) is 5.95 Å². The van der Waals surface area contributed by atoms with Crippen LogP contribution in [0.2, 0.25) is 5.02 Å². The predicted octanol–water partition coefficient (Wildman–Crippen LogP) is 2.84. The summed E-state index contributed by atoms with van der Waals surface area (Å²) in [6.07, 6.45) is 0. The van der Waals surface area contributed by atoms with Gasteiger partial charge in [-0.05, 0) is 37.3 Å². The highest BCUT2D eigenvalue weighted by molar-refractivity contribution is 6.32. The number of halogens is 1. The molecule has 3 aromatic rings. The van der Waals surface area contributed by atoms with Crippen molar-refractivity contribution in [2.24, 2.45) is 0 Å². The van der Waals surface area contributed by atoms with Gasteiger partial charge in [0.05, 0.1) is 22.3 Å². The summed E-state index contributed by atoms with van der Waals surface area (Å²) in [6, 6.07) is 10.8. The Morgan fingerprint density at radius 3 is 2.80 bits per heavy atom.